The first kappa shape index (κ1) is 10.9. The van der Waals surface area contributed by atoms with Gasteiger partial charge in [0.25, 0.3) is 0 Å². The zero-order valence-corrected chi connectivity index (χ0v) is 7.67. The molecule has 0 atom stereocenters. The Kier molecular flexibility index (Phi) is 3.56. The van der Waals surface area contributed by atoms with E-state index < -0.39 is 11.9 Å². The maximum Gasteiger partial charge on any atom is 0.338 e. The molecular formula is C10H8O5. The number of benzene rings is 1. The van der Waals surface area contributed by atoms with Crippen LogP contribution >= 0.6 is 0 Å². The van der Waals surface area contributed by atoms with Crippen LogP contribution in [0, 0.1) is 0 Å². The molecule has 0 aromatic heterocycles. The number of aromatic carboxylic acids is 1. The quantitative estimate of drug-likeness (QED) is 0.583. The molecule has 1 N–H and O–H groups in total. The minimum Gasteiger partial charge on any atom is -0.478 e. The third kappa shape index (κ3) is 2.91. The molecule has 0 fully saturated rings. The summed E-state index contributed by atoms with van der Waals surface area (Å²) in [5.74, 6) is -1.72. The highest BCUT2D eigenvalue weighted by atomic mass is 16.5. The highest BCUT2D eigenvalue weighted by molar-refractivity contribution is 5.92. The van der Waals surface area contributed by atoms with Gasteiger partial charge < -0.3 is 9.84 Å². The number of carbonyl (C=O) groups is 3. The van der Waals surface area contributed by atoms with Crippen molar-refractivity contribution in [2.75, 3.05) is 6.61 Å². The van der Waals surface area contributed by atoms with Crippen molar-refractivity contribution in [3.05, 3.63) is 35.4 Å². The molecule has 0 saturated carbocycles. The average molecular weight is 208 g/mol. The molecule has 0 aliphatic rings. The molecule has 1 rings (SSSR count). The van der Waals surface area contributed by atoms with Gasteiger partial charge in [0.2, 0.25) is 0 Å². The van der Waals surface area contributed by atoms with Crippen LogP contribution in [0.4, 0.5) is 0 Å². The largest absolute Gasteiger partial charge is 0.478 e. The maximum atomic E-state index is 11.2. The van der Waals surface area contributed by atoms with Gasteiger partial charge in [-0.15, -0.1) is 0 Å². The van der Waals surface area contributed by atoms with Gasteiger partial charge in [0.1, 0.15) is 6.61 Å². The molecule has 5 nitrogen and oxygen atoms in total. The summed E-state index contributed by atoms with van der Waals surface area (Å²) < 4.78 is 4.52. The molecule has 78 valence electrons. The number of aldehydes is 1. The summed E-state index contributed by atoms with van der Waals surface area (Å²) in [5.41, 5.74) is 0.295. The van der Waals surface area contributed by atoms with Gasteiger partial charge in [-0.25, -0.2) is 9.59 Å². The van der Waals surface area contributed by atoms with E-state index in [1.807, 2.05) is 0 Å². The fourth-order valence-corrected chi connectivity index (χ4v) is 0.942. The monoisotopic (exact) mass is 208 g/mol. The molecule has 1 aromatic rings. The molecule has 0 amide bonds. The van der Waals surface area contributed by atoms with E-state index >= 15 is 0 Å². The van der Waals surface area contributed by atoms with Crippen molar-refractivity contribution in [1.29, 1.82) is 0 Å². The van der Waals surface area contributed by atoms with Crippen molar-refractivity contribution >= 4 is 18.2 Å². The predicted molar refractivity (Wildman–Crippen MR) is 49.7 cm³/mol. The Morgan fingerprint density at radius 1 is 1.20 bits per heavy atom. The number of rotatable bonds is 4. The van der Waals surface area contributed by atoms with Crippen molar-refractivity contribution in [1.82, 2.24) is 0 Å². The van der Waals surface area contributed by atoms with E-state index in [1.54, 1.807) is 0 Å². The van der Waals surface area contributed by atoms with Gasteiger partial charge in [0, 0.05) is 0 Å². The van der Waals surface area contributed by atoms with Gasteiger partial charge in [-0.05, 0) is 24.3 Å². The fourth-order valence-electron chi connectivity index (χ4n) is 0.942. The van der Waals surface area contributed by atoms with Crippen LogP contribution in [0.1, 0.15) is 20.7 Å². The van der Waals surface area contributed by atoms with E-state index in [1.165, 1.54) is 24.3 Å². The molecule has 0 unspecified atom stereocenters. The predicted octanol–water partition coefficient (Wildman–Crippen LogP) is 0.741. The zero-order chi connectivity index (χ0) is 11.3. The van der Waals surface area contributed by atoms with Gasteiger partial charge in [0.05, 0.1) is 11.1 Å². The van der Waals surface area contributed by atoms with E-state index in [0.29, 0.717) is 6.29 Å². The summed E-state index contributed by atoms with van der Waals surface area (Å²) in [7, 11) is 0. The van der Waals surface area contributed by atoms with Crippen molar-refractivity contribution < 1.29 is 24.2 Å². The van der Waals surface area contributed by atoms with Crippen molar-refractivity contribution in [2.45, 2.75) is 0 Å². The summed E-state index contributed by atoms with van der Waals surface area (Å²) in [6.07, 6.45) is 0.462. The van der Waals surface area contributed by atoms with Gasteiger partial charge >= 0.3 is 11.9 Å². The third-order valence-electron chi connectivity index (χ3n) is 1.65. The van der Waals surface area contributed by atoms with E-state index in [-0.39, 0.29) is 17.7 Å². The number of carboxylic acids is 1. The van der Waals surface area contributed by atoms with Crippen LogP contribution in [0.15, 0.2) is 24.3 Å². The highest BCUT2D eigenvalue weighted by Crippen LogP contribution is 2.05. The topological polar surface area (TPSA) is 80.7 Å². The Balaban J connectivity index is 2.75. The Bertz CT molecular complexity index is 379. The van der Waals surface area contributed by atoms with Crippen molar-refractivity contribution in [3.63, 3.8) is 0 Å². The lowest BCUT2D eigenvalue weighted by Gasteiger charge is -2.00. The molecule has 0 bridgehead atoms. The van der Waals surface area contributed by atoms with Gasteiger partial charge in [-0.2, -0.15) is 0 Å². The smallest absolute Gasteiger partial charge is 0.338 e. The first-order valence-corrected chi connectivity index (χ1v) is 4.09. The van der Waals surface area contributed by atoms with Gasteiger partial charge in [-0.1, -0.05) is 0 Å². The third-order valence-corrected chi connectivity index (χ3v) is 1.65. The minimum atomic E-state index is -1.07. The summed E-state index contributed by atoms with van der Waals surface area (Å²) in [6.45, 7) is -0.306. The molecule has 0 radical (unpaired) electrons. The fraction of sp³-hybridized carbons (Fsp3) is 0.100. The number of hydrogen-bond acceptors (Lipinski definition) is 4. The minimum absolute atomic E-state index is 0.0851. The van der Waals surface area contributed by atoms with Crippen LogP contribution in [0.2, 0.25) is 0 Å². The van der Waals surface area contributed by atoms with Crippen LogP contribution in [0.3, 0.4) is 0 Å². The van der Waals surface area contributed by atoms with Crippen LogP contribution in [-0.2, 0) is 9.53 Å². The van der Waals surface area contributed by atoms with Gasteiger partial charge in [0.15, 0.2) is 6.29 Å². The number of carbonyl (C=O) groups excluding carboxylic acids is 2. The van der Waals surface area contributed by atoms with E-state index in [9.17, 15) is 14.4 Å². The second kappa shape index (κ2) is 4.90. The first-order chi connectivity index (χ1) is 7.15. The summed E-state index contributed by atoms with van der Waals surface area (Å²) >= 11 is 0. The van der Waals surface area contributed by atoms with E-state index in [0.717, 1.165) is 0 Å². The molecule has 0 aliphatic heterocycles. The van der Waals surface area contributed by atoms with Crippen LogP contribution < -0.4 is 0 Å². The molecule has 0 aliphatic carbocycles. The lowest BCUT2D eigenvalue weighted by Crippen LogP contribution is -2.07. The number of ether oxygens (including phenoxy) is 1. The number of carboxylic acid groups (broad SMARTS) is 1. The number of hydrogen-bond donors (Lipinski definition) is 1. The Labute approximate surface area is 85.3 Å². The number of esters is 1. The van der Waals surface area contributed by atoms with Crippen LogP contribution in [0.5, 0.6) is 0 Å². The summed E-state index contributed by atoms with van der Waals surface area (Å²) in [6, 6.07) is 5.24. The summed E-state index contributed by atoms with van der Waals surface area (Å²) in [5, 5.41) is 8.59. The average Bonchev–Trinajstić information content (AvgIpc) is 2.26. The SMILES string of the molecule is O=CCOC(=O)c1ccc(C(=O)O)cc1. The Morgan fingerprint density at radius 3 is 2.20 bits per heavy atom. The first-order valence-electron chi connectivity index (χ1n) is 4.09. The highest BCUT2D eigenvalue weighted by Gasteiger charge is 2.08. The van der Waals surface area contributed by atoms with Crippen molar-refractivity contribution in [3.8, 4) is 0 Å². The Hall–Kier alpha value is -2.17. The maximum absolute atomic E-state index is 11.2. The lowest BCUT2D eigenvalue weighted by molar-refractivity contribution is -0.110. The zero-order valence-electron chi connectivity index (χ0n) is 7.67. The molecule has 0 spiro atoms. The Morgan fingerprint density at radius 2 is 1.73 bits per heavy atom. The van der Waals surface area contributed by atoms with E-state index in [4.69, 9.17) is 5.11 Å². The molecular weight excluding hydrogens is 200 g/mol. The van der Waals surface area contributed by atoms with Crippen LogP contribution in [-0.4, -0.2) is 29.9 Å². The summed E-state index contributed by atoms with van der Waals surface area (Å²) in [4.78, 5) is 31.6. The van der Waals surface area contributed by atoms with Crippen LogP contribution in [0.25, 0.3) is 0 Å². The molecule has 15 heavy (non-hydrogen) atoms. The second-order valence-electron chi connectivity index (χ2n) is 2.65. The van der Waals surface area contributed by atoms with Crippen molar-refractivity contribution in [2.24, 2.45) is 0 Å². The second-order valence-corrected chi connectivity index (χ2v) is 2.65. The lowest BCUT2D eigenvalue weighted by atomic mass is 10.1. The molecule has 1 aromatic carbocycles. The van der Waals surface area contributed by atoms with Gasteiger partial charge in [-0.3, -0.25) is 4.79 Å². The standard InChI is InChI=1S/C10H8O5/c11-5-6-15-10(14)8-3-1-7(2-4-8)9(12)13/h1-5H,6H2,(H,12,13). The van der Waals surface area contributed by atoms with E-state index in [2.05, 4.69) is 4.74 Å². The normalized spacial score (nSPS) is 9.33. The molecule has 0 saturated heterocycles. The molecule has 0 heterocycles. The molecule has 5 heteroatoms.